The zero-order valence-electron chi connectivity index (χ0n) is 29.5. The fourth-order valence-electron chi connectivity index (χ4n) is 7.37. The quantitative estimate of drug-likeness (QED) is 0.205. The molecule has 5 rings (SSSR count). The molecule has 2 aliphatic rings. The van der Waals surface area contributed by atoms with Gasteiger partial charge in [-0.05, 0) is 115 Å². The Morgan fingerprint density at radius 3 is 2.15 bits per heavy atom. The van der Waals surface area contributed by atoms with Crippen molar-refractivity contribution in [1.82, 2.24) is 4.98 Å². The number of carbonyl (C=O) groups is 1. The minimum absolute atomic E-state index is 0.236. The van der Waals surface area contributed by atoms with Crippen LogP contribution in [0.5, 0.6) is 5.75 Å². The van der Waals surface area contributed by atoms with Crippen molar-refractivity contribution in [2.75, 3.05) is 24.6 Å². The number of esters is 1. The molecule has 6 nitrogen and oxygen atoms in total. The molecule has 0 bridgehead atoms. The maximum absolute atomic E-state index is 13.8. The van der Waals surface area contributed by atoms with Crippen molar-refractivity contribution in [3.8, 4) is 16.9 Å². The van der Waals surface area contributed by atoms with Crippen LogP contribution in [0.2, 0.25) is 0 Å². The third-order valence-electron chi connectivity index (χ3n) is 9.65. The van der Waals surface area contributed by atoms with E-state index in [2.05, 4.69) is 24.0 Å². The van der Waals surface area contributed by atoms with Crippen LogP contribution < -0.4 is 9.64 Å². The van der Waals surface area contributed by atoms with Gasteiger partial charge in [-0.15, -0.1) is 0 Å². The van der Waals surface area contributed by atoms with E-state index in [4.69, 9.17) is 19.2 Å². The number of nitrogens with zero attached hydrogens (tertiary/aromatic N) is 2. The lowest BCUT2D eigenvalue weighted by Crippen LogP contribution is -2.42. The summed E-state index contributed by atoms with van der Waals surface area (Å²) < 4.78 is 31.8. The van der Waals surface area contributed by atoms with Gasteiger partial charge >= 0.3 is 5.97 Å². The normalized spacial score (nSPS) is 17.2. The van der Waals surface area contributed by atoms with E-state index >= 15 is 0 Å². The lowest BCUT2D eigenvalue weighted by Gasteiger charge is -2.46. The Kier molecular flexibility index (Phi) is 11.0. The molecule has 2 aromatic carbocycles. The third kappa shape index (κ3) is 8.72. The first-order valence-electron chi connectivity index (χ1n) is 17.5. The first kappa shape index (κ1) is 34.9. The van der Waals surface area contributed by atoms with Crippen LogP contribution in [0.15, 0.2) is 48.5 Å². The van der Waals surface area contributed by atoms with Crippen molar-refractivity contribution in [1.29, 1.82) is 0 Å². The van der Waals surface area contributed by atoms with Crippen molar-refractivity contribution < 1.29 is 23.4 Å². The van der Waals surface area contributed by atoms with Gasteiger partial charge in [0.05, 0.1) is 24.0 Å². The van der Waals surface area contributed by atoms with Crippen molar-refractivity contribution in [3.05, 3.63) is 76.9 Å². The predicted molar refractivity (Wildman–Crippen MR) is 187 cm³/mol. The van der Waals surface area contributed by atoms with Crippen LogP contribution in [0.1, 0.15) is 108 Å². The van der Waals surface area contributed by atoms with Crippen LogP contribution in [-0.2, 0) is 20.7 Å². The summed E-state index contributed by atoms with van der Waals surface area (Å²) >= 11 is 0. The van der Waals surface area contributed by atoms with E-state index in [1.165, 1.54) is 44.2 Å². The number of rotatable bonds is 10. The average molecular weight is 645 g/mol. The van der Waals surface area contributed by atoms with E-state index in [-0.39, 0.29) is 17.9 Å². The fraction of sp³-hybridized carbons (Fsp3) is 0.550. The molecule has 1 aliphatic heterocycles. The van der Waals surface area contributed by atoms with Gasteiger partial charge in [0.25, 0.3) is 0 Å². The number of carbonyl (C=O) groups excluding carboxylic acids is 1. The number of pyridine rings is 1. The summed E-state index contributed by atoms with van der Waals surface area (Å²) in [7, 11) is 0. The van der Waals surface area contributed by atoms with Gasteiger partial charge in [0.1, 0.15) is 11.6 Å². The molecule has 47 heavy (non-hydrogen) atoms. The van der Waals surface area contributed by atoms with Crippen molar-refractivity contribution in [2.45, 2.75) is 118 Å². The summed E-state index contributed by atoms with van der Waals surface area (Å²) in [6.07, 6.45) is 8.42. The number of anilines is 1. The molecule has 0 N–H and O–H groups in total. The van der Waals surface area contributed by atoms with Gasteiger partial charge in [0, 0.05) is 42.0 Å². The highest BCUT2D eigenvalue weighted by molar-refractivity contribution is 5.88. The standard InChI is InChI=1S/C40H53FN2O4/c1-27(2)46-38(44)37(47-39(5,6)7)35-29(4)42-28(3)34(36(35)43-24-22-40(23-25-43)20-9-8-10-21-40)31-13-17-33(18-14-31)45-26-19-30-11-15-32(41)16-12-30/h11-18,27,37H,8-10,19-26H2,1-7H3. The number of aromatic nitrogens is 1. The van der Waals surface area contributed by atoms with E-state index in [9.17, 15) is 9.18 Å². The van der Waals surface area contributed by atoms with Crippen LogP contribution in [0.25, 0.3) is 11.1 Å². The molecular formula is C40H53FN2O4. The summed E-state index contributed by atoms with van der Waals surface area (Å²) in [5.74, 6) is 0.142. The molecule has 0 radical (unpaired) electrons. The monoisotopic (exact) mass is 644 g/mol. The molecule has 254 valence electrons. The van der Waals surface area contributed by atoms with Crippen LogP contribution in [0, 0.1) is 25.1 Å². The topological polar surface area (TPSA) is 60.9 Å². The Morgan fingerprint density at radius 2 is 1.55 bits per heavy atom. The largest absolute Gasteiger partial charge is 0.493 e. The van der Waals surface area contributed by atoms with Gasteiger partial charge in [-0.3, -0.25) is 4.98 Å². The Balaban J connectivity index is 1.52. The van der Waals surface area contributed by atoms with Gasteiger partial charge in [0.15, 0.2) is 6.10 Å². The number of aryl methyl sites for hydroxylation is 2. The van der Waals surface area contributed by atoms with Crippen LogP contribution in [0.3, 0.4) is 0 Å². The number of hydrogen-bond acceptors (Lipinski definition) is 6. The average Bonchev–Trinajstić information content (AvgIpc) is 3.01. The van der Waals surface area contributed by atoms with E-state index < -0.39 is 11.7 Å². The van der Waals surface area contributed by atoms with E-state index in [0.717, 1.165) is 71.0 Å². The number of benzene rings is 2. The number of piperidine rings is 1. The molecule has 0 amide bonds. The van der Waals surface area contributed by atoms with Crippen LogP contribution >= 0.6 is 0 Å². The van der Waals surface area contributed by atoms with Crippen molar-refractivity contribution >= 4 is 11.7 Å². The summed E-state index contributed by atoms with van der Waals surface area (Å²) in [6, 6.07) is 14.7. The summed E-state index contributed by atoms with van der Waals surface area (Å²) in [5, 5.41) is 0. The van der Waals surface area contributed by atoms with Gasteiger partial charge in [-0.1, -0.05) is 43.5 Å². The molecule has 7 heteroatoms. The van der Waals surface area contributed by atoms with Gasteiger partial charge in [-0.2, -0.15) is 0 Å². The molecule has 2 heterocycles. The second-order valence-electron chi connectivity index (χ2n) is 14.8. The lowest BCUT2D eigenvalue weighted by atomic mass is 9.68. The maximum Gasteiger partial charge on any atom is 0.340 e. The molecule has 3 aromatic rings. The fourth-order valence-corrected chi connectivity index (χ4v) is 7.37. The molecule has 1 aromatic heterocycles. The number of ether oxygens (including phenoxy) is 3. The molecule has 1 atom stereocenters. The third-order valence-corrected chi connectivity index (χ3v) is 9.65. The Hall–Kier alpha value is -3.45. The molecule has 1 unspecified atom stereocenters. The second kappa shape index (κ2) is 14.8. The van der Waals surface area contributed by atoms with Crippen molar-refractivity contribution in [2.24, 2.45) is 5.41 Å². The molecule has 1 aliphatic carbocycles. The second-order valence-corrected chi connectivity index (χ2v) is 14.8. The van der Waals surface area contributed by atoms with Gasteiger partial charge in [-0.25, -0.2) is 9.18 Å². The zero-order valence-corrected chi connectivity index (χ0v) is 29.5. The highest BCUT2D eigenvalue weighted by Gasteiger charge is 2.40. The highest BCUT2D eigenvalue weighted by Crippen LogP contribution is 2.49. The minimum atomic E-state index is -0.918. The first-order chi connectivity index (χ1) is 22.3. The first-order valence-corrected chi connectivity index (χ1v) is 17.5. The zero-order chi connectivity index (χ0) is 33.8. The summed E-state index contributed by atoms with van der Waals surface area (Å²) in [6.45, 7) is 16.1. The van der Waals surface area contributed by atoms with E-state index in [1.807, 2.05) is 53.7 Å². The Bertz CT molecular complexity index is 1500. The van der Waals surface area contributed by atoms with Gasteiger partial charge in [0.2, 0.25) is 0 Å². The van der Waals surface area contributed by atoms with Gasteiger partial charge < -0.3 is 19.1 Å². The summed E-state index contributed by atoms with van der Waals surface area (Å²) in [4.78, 5) is 21.4. The predicted octanol–water partition coefficient (Wildman–Crippen LogP) is 9.48. The Labute approximate surface area is 281 Å². The molecule has 1 saturated carbocycles. The SMILES string of the molecule is Cc1nc(C)c(C(OC(C)(C)C)C(=O)OC(C)C)c(N2CCC3(CCCCC3)CC2)c1-c1ccc(OCCc2ccc(F)cc2)cc1. The lowest BCUT2D eigenvalue weighted by molar-refractivity contribution is -0.171. The van der Waals surface area contributed by atoms with Crippen LogP contribution in [0.4, 0.5) is 10.1 Å². The van der Waals surface area contributed by atoms with Crippen molar-refractivity contribution in [3.63, 3.8) is 0 Å². The molecule has 1 saturated heterocycles. The van der Waals surface area contributed by atoms with Crippen LogP contribution in [-0.4, -0.2) is 42.4 Å². The number of halogens is 1. The highest BCUT2D eigenvalue weighted by atomic mass is 19.1. The smallest absolute Gasteiger partial charge is 0.340 e. The molecule has 2 fully saturated rings. The maximum atomic E-state index is 13.8. The summed E-state index contributed by atoms with van der Waals surface area (Å²) in [5.41, 5.74) is 6.43. The minimum Gasteiger partial charge on any atom is -0.493 e. The molecular weight excluding hydrogens is 591 g/mol. The molecule has 1 spiro atoms. The Morgan fingerprint density at radius 1 is 0.915 bits per heavy atom. The van der Waals surface area contributed by atoms with E-state index in [1.54, 1.807) is 12.1 Å². The van der Waals surface area contributed by atoms with E-state index in [0.29, 0.717) is 18.4 Å². The number of hydrogen-bond donors (Lipinski definition) is 0.